The lowest BCUT2D eigenvalue weighted by Gasteiger charge is -2.11. The van der Waals surface area contributed by atoms with E-state index in [-0.39, 0.29) is 5.75 Å². The zero-order valence-electron chi connectivity index (χ0n) is 14.2. The third-order valence-corrected chi connectivity index (χ3v) is 4.77. The van der Waals surface area contributed by atoms with Gasteiger partial charge in [0.2, 0.25) is 10.0 Å². The second-order valence-electron chi connectivity index (χ2n) is 5.37. The lowest BCUT2D eigenvalue weighted by molar-refractivity contribution is 0.0602. The summed E-state index contributed by atoms with van der Waals surface area (Å²) in [5.74, 6) is 0.104. The molecule has 7 nitrogen and oxygen atoms in total. The van der Waals surface area contributed by atoms with Gasteiger partial charge in [-0.15, -0.1) is 0 Å². The zero-order valence-corrected chi connectivity index (χ0v) is 15.0. The van der Waals surface area contributed by atoms with Crippen molar-refractivity contribution in [2.45, 2.75) is 19.8 Å². The van der Waals surface area contributed by atoms with Crippen LogP contribution in [-0.4, -0.2) is 32.2 Å². The average Bonchev–Trinajstić information content (AvgIpc) is 2.61. The van der Waals surface area contributed by atoms with Crippen LogP contribution >= 0.6 is 0 Å². The molecule has 0 amide bonds. The van der Waals surface area contributed by atoms with Crippen molar-refractivity contribution in [3.8, 4) is 0 Å². The highest BCUT2D eigenvalue weighted by molar-refractivity contribution is 7.92. The van der Waals surface area contributed by atoms with E-state index in [1.54, 1.807) is 36.4 Å². The zero-order chi connectivity index (χ0) is 18.3. The van der Waals surface area contributed by atoms with Crippen LogP contribution in [0.25, 0.3) is 0 Å². The van der Waals surface area contributed by atoms with Crippen LogP contribution in [0.15, 0.2) is 42.6 Å². The standard InChI is InChI=1S/C17H21N3O4S/c1-3-4-11-25(22,23)20-13-9-10-16(18-12-13)19-15-8-6-5-7-14(15)17(21)24-2/h5-10,12,20H,3-4,11H2,1-2H3,(H,18,19). The number of hydrogen-bond donors (Lipinski definition) is 2. The van der Waals surface area contributed by atoms with Gasteiger partial charge in [-0.1, -0.05) is 25.5 Å². The molecule has 0 saturated carbocycles. The number of carbonyl (C=O) groups is 1. The van der Waals surface area contributed by atoms with Crippen molar-refractivity contribution in [2.24, 2.45) is 0 Å². The highest BCUT2D eigenvalue weighted by Gasteiger charge is 2.12. The minimum atomic E-state index is -3.36. The Labute approximate surface area is 147 Å². The summed E-state index contributed by atoms with van der Waals surface area (Å²) < 4.78 is 31.0. The van der Waals surface area contributed by atoms with Crippen molar-refractivity contribution >= 4 is 33.2 Å². The van der Waals surface area contributed by atoms with E-state index in [1.165, 1.54) is 13.3 Å². The molecule has 0 aliphatic heterocycles. The number of carbonyl (C=O) groups excluding carboxylic acids is 1. The fraction of sp³-hybridized carbons (Fsp3) is 0.294. The monoisotopic (exact) mass is 363 g/mol. The van der Waals surface area contributed by atoms with Crippen LogP contribution in [-0.2, 0) is 14.8 Å². The number of anilines is 3. The molecular weight excluding hydrogens is 342 g/mol. The van der Waals surface area contributed by atoms with Crippen molar-refractivity contribution in [1.29, 1.82) is 0 Å². The molecule has 2 aromatic rings. The number of pyridine rings is 1. The highest BCUT2D eigenvalue weighted by atomic mass is 32.2. The minimum absolute atomic E-state index is 0.0794. The molecule has 2 N–H and O–H groups in total. The maximum absolute atomic E-state index is 11.9. The van der Waals surface area contributed by atoms with Crippen LogP contribution in [0.1, 0.15) is 30.1 Å². The van der Waals surface area contributed by atoms with Crippen LogP contribution in [0.2, 0.25) is 0 Å². The van der Waals surface area contributed by atoms with Crippen LogP contribution < -0.4 is 10.0 Å². The molecule has 2 rings (SSSR count). The molecule has 0 saturated heterocycles. The molecule has 0 spiro atoms. The summed E-state index contributed by atoms with van der Waals surface area (Å²) in [4.78, 5) is 15.9. The molecule has 0 radical (unpaired) electrons. The number of nitrogens with zero attached hydrogens (tertiary/aromatic N) is 1. The predicted octanol–water partition coefficient (Wildman–Crippen LogP) is 3.15. The van der Waals surface area contributed by atoms with E-state index in [0.717, 1.165) is 6.42 Å². The van der Waals surface area contributed by atoms with E-state index in [0.29, 0.717) is 29.2 Å². The Morgan fingerprint density at radius 2 is 1.96 bits per heavy atom. The van der Waals surface area contributed by atoms with Crippen LogP contribution in [0, 0.1) is 0 Å². The SMILES string of the molecule is CCCCS(=O)(=O)Nc1ccc(Nc2ccccc2C(=O)OC)nc1. The van der Waals surface area contributed by atoms with Gasteiger partial charge in [-0.05, 0) is 30.7 Å². The first-order valence-electron chi connectivity index (χ1n) is 7.86. The Morgan fingerprint density at radius 1 is 1.20 bits per heavy atom. The Kier molecular flexibility index (Phi) is 6.35. The molecule has 25 heavy (non-hydrogen) atoms. The number of ether oxygens (including phenoxy) is 1. The molecule has 0 atom stereocenters. The quantitative estimate of drug-likeness (QED) is 0.699. The fourth-order valence-corrected chi connectivity index (χ4v) is 3.36. The number of sulfonamides is 1. The molecule has 0 unspecified atom stereocenters. The van der Waals surface area contributed by atoms with Gasteiger partial charge in [0, 0.05) is 0 Å². The van der Waals surface area contributed by atoms with Gasteiger partial charge in [0.25, 0.3) is 0 Å². The summed E-state index contributed by atoms with van der Waals surface area (Å²) in [6, 6.07) is 10.1. The van der Waals surface area contributed by atoms with E-state index < -0.39 is 16.0 Å². The third kappa shape index (κ3) is 5.46. The van der Waals surface area contributed by atoms with Gasteiger partial charge in [-0.2, -0.15) is 0 Å². The highest BCUT2D eigenvalue weighted by Crippen LogP contribution is 2.21. The van der Waals surface area contributed by atoms with Crippen molar-refractivity contribution < 1.29 is 17.9 Å². The number of hydrogen-bond acceptors (Lipinski definition) is 6. The summed E-state index contributed by atoms with van der Waals surface area (Å²) >= 11 is 0. The predicted molar refractivity (Wildman–Crippen MR) is 97.6 cm³/mol. The molecule has 0 fully saturated rings. The average molecular weight is 363 g/mol. The van der Waals surface area contributed by atoms with E-state index in [4.69, 9.17) is 4.74 Å². The molecule has 0 aliphatic carbocycles. The van der Waals surface area contributed by atoms with E-state index in [2.05, 4.69) is 15.0 Å². The van der Waals surface area contributed by atoms with E-state index in [1.807, 2.05) is 6.92 Å². The Balaban J connectivity index is 2.10. The van der Waals surface area contributed by atoms with Gasteiger partial charge in [-0.25, -0.2) is 18.2 Å². The van der Waals surface area contributed by atoms with Gasteiger partial charge < -0.3 is 10.1 Å². The number of aromatic nitrogens is 1. The Bertz CT molecular complexity index is 820. The van der Waals surface area contributed by atoms with Crippen molar-refractivity contribution in [2.75, 3.05) is 22.9 Å². The minimum Gasteiger partial charge on any atom is -0.465 e. The number of esters is 1. The normalized spacial score (nSPS) is 11.0. The molecule has 1 aromatic heterocycles. The first-order chi connectivity index (χ1) is 11.9. The Hall–Kier alpha value is -2.61. The number of para-hydroxylation sites is 1. The number of benzene rings is 1. The second-order valence-corrected chi connectivity index (χ2v) is 7.21. The first kappa shape index (κ1) is 18.7. The molecular formula is C17H21N3O4S. The summed E-state index contributed by atoms with van der Waals surface area (Å²) in [5.41, 5.74) is 1.33. The number of nitrogens with one attached hydrogen (secondary N) is 2. The van der Waals surface area contributed by atoms with Crippen LogP contribution in [0.4, 0.5) is 17.2 Å². The third-order valence-electron chi connectivity index (χ3n) is 3.40. The molecule has 8 heteroatoms. The summed E-state index contributed by atoms with van der Waals surface area (Å²) in [5, 5.41) is 3.02. The lowest BCUT2D eigenvalue weighted by Crippen LogP contribution is -2.16. The van der Waals surface area contributed by atoms with E-state index >= 15 is 0 Å². The van der Waals surface area contributed by atoms with Crippen LogP contribution in [0.3, 0.4) is 0 Å². The smallest absolute Gasteiger partial charge is 0.339 e. The number of unbranched alkanes of at least 4 members (excludes halogenated alkanes) is 1. The van der Waals surface area contributed by atoms with Gasteiger partial charge >= 0.3 is 5.97 Å². The summed E-state index contributed by atoms with van der Waals surface area (Å²) in [6.07, 6.45) is 2.83. The molecule has 1 heterocycles. The van der Waals surface area contributed by atoms with Gasteiger partial charge in [-0.3, -0.25) is 4.72 Å². The molecule has 1 aromatic carbocycles. The summed E-state index contributed by atoms with van der Waals surface area (Å²) in [6.45, 7) is 1.93. The maximum atomic E-state index is 11.9. The number of methoxy groups -OCH3 is 1. The van der Waals surface area contributed by atoms with Crippen molar-refractivity contribution in [3.05, 3.63) is 48.2 Å². The second kappa shape index (κ2) is 8.48. The largest absolute Gasteiger partial charge is 0.465 e. The molecule has 0 aliphatic rings. The Morgan fingerprint density at radius 3 is 2.60 bits per heavy atom. The lowest BCUT2D eigenvalue weighted by atomic mass is 10.2. The molecule has 134 valence electrons. The maximum Gasteiger partial charge on any atom is 0.339 e. The fourth-order valence-electron chi connectivity index (χ4n) is 2.11. The van der Waals surface area contributed by atoms with Crippen molar-refractivity contribution in [1.82, 2.24) is 4.98 Å². The van der Waals surface area contributed by atoms with E-state index in [9.17, 15) is 13.2 Å². The first-order valence-corrected chi connectivity index (χ1v) is 9.51. The molecule has 0 bridgehead atoms. The summed E-state index contributed by atoms with van der Waals surface area (Å²) in [7, 11) is -2.05. The van der Waals surface area contributed by atoms with Crippen molar-refractivity contribution in [3.63, 3.8) is 0 Å². The van der Waals surface area contributed by atoms with Gasteiger partial charge in [0.1, 0.15) is 5.82 Å². The van der Waals surface area contributed by atoms with Gasteiger partial charge in [0.05, 0.1) is 36.0 Å². The van der Waals surface area contributed by atoms with Crippen LogP contribution in [0.5, 0.6) is 0 Å². The van der Waals surface area contributed by atoms with Gasteiger partial charge in [0.15, 0.2) is 0 Å². The number of rotatable bonds is 8. The topological polar surface area (TPSA) is 97.4 Å².